The van der Waals surface area contributed by atoms with Crippen LogP contribution in [0.2, 0.25) is 0 Å². The van der Waals surface area contributed by atoms with E-state index in [9.17, 15) is 4.79 Å². The second-order valence-electron chi connectivity index (χ2n) is 9.30. The van der Waals surface area contributed by atoms with Gasteiger partial charge in [0.2, 0.25) is 5.91 Å². The summed E-state index contributed by atoms with van der Waals surface area (Å²) in [6.45, 7) is 9.64. The smallest absolute Gasteiger partial charge is 0.219 e. The Labute approximate surface area is 187 Å². The van der Waals surface area contributed by atoms with Gasteiger partial charge in [0.15, 0.2) is 0 Å². The molecule has 3 rings (SSSR count). The van der Waals surface area contributed by atoms with E-state index >= 15 is 0 Å². The second kappa shape index (κ2) is 10.3. The van der Waals surface area contributed by atoms with E-state index in [1.165, 1.54) is 11.1 Å². The van der Waals surface area contributed by atoms with Crippen molar-refractivity contribution in [2.24, 2.45) is 5.92 Å². The molecule has 31 heavy (non-hydrogen) atoms. The summed E-state index contributed by atoms with van der Waals surface area (Å²) in [6.07, 6.45) is 2.93. The summed E-state index contributed by atoms with van der Waals surface area (Å²) in [5, 5.41) is 0. The number of nitrogens with zero attached hydrogens (tertiary/aromatic N) is 1. The molecule has 0 radical (unpaired) electrons. The van der Waals surface area contributed by atoms with Crippen LogP contribution in [0.3, 0.4) is 0 Å². The molecule has 4 nitrogen and oxygen atoms in total. The monoisotopic (exact) mass is 423 g/mol. The summed E-state index contributed by atoms with van der Waals surface area (Å²) < 4.78 is 11.7. The van der Waals surface area contributed by atoms with Crippen LogP contribution in [0.1, 0.15) is 70.0 Å². The molecule has 1 aliphatic rings. The van der Waals surface area contributed by atoms with Gasteiger partial charge in [-0.3, -0.25) is 4.79 Å². The van der Waals surface area contributed by atoms with Gasteiger partial charge in [-0.1, -0.05) is 48.5 Å². The number of benzene rings is 2. The van der Waals surface area contributed by atoms with E-state index in [-0.39, 0.29) is 17.6 Å². The summed E-state index contributed by atoms with van der Waals surface area (Å²) in [5.74, 6) is 1.84. The molecule has 1 heterocycles. The molecular formula is C27H37NO3. The maximum Gasteiger partial charge on any atom is 0.219 e. The number of amides is 1. The Morgan fingerprint density at radius 2 is 1.84 bits per heavy atom. The van der Waals surface area contributed by atoms with E-state index in [1.54, 1.807) is 14.0 Å². The number of methoxy groups -OCH3 is 1. The van der Waals surface area contributed by atoms with Gasteiger partial charge in [0.1, 0.15) is 5.75 Å². The van der Waals surface area contributed by atoms with Gasteiger partial charge in [-0.25, -0.2) is 0 Å². The highest BCUT2D eigenvalue weighted by molar-refractivity contribution is 5.73. The number of hydrogen-bond acceptors (Lipinski definition) is 3. The van der Waals surface area contributed by atoms with Gasteiger partial charge in [-0.2, -0.15) is 0 Å². The lowest BCUT2D eigenvalue weighted by Crippen LogP contribution is -2.38. The summed E-state index contributed by atoms with van der Waals surface area (Å²) in [4.78, 5) is 14.6. The minimum Gasteiger partial charge on any atom is -0.496 e. The predicted octanol–water partition coefficient (Wildman–Crippen LogP) is 5.98. The van der Waals surface area contributed by atoms with Crippen molar-refractivity contribution in [3.8, 4) is 5.75 Å². The molecule has 2 aromatic rings. The quantitative estimate of drug-likeness (QED) is 0.524. The minimum atomic E-state index is -0.124. The van der Waals surface area contributed by atoms with Crippen LogP contribution >= 0.6 is 0 Å². The molecule has 0 aromatic heterocycles. The fourth-order valence-corrected chi connectivity index (χ4v) is 5.05. The Morgan fingerprint density at radius 3 is 2.48 bits per heavy atom. The molecule has 1 amide bonds. The third-order valence-electron chi connectivity index (χ3n) is 6.68. The molecule has 0 saturated carbocycles. The Kier molecular flexibility index (Phi) is 7.77. The van der Waals surface area contributed by atoms with Crippen molar-refractivity contribution < 1.29 is 14.3 Å². The van der Waals surface area contributed by atoms with Gasteiger partial charge >= 0.3 is 0 Å². The zero-order valence-electron chi connectivity index (χ0n) is 19.6. The van der Waals surface area contributed by atoms with E-state index in [4.69, 9.17) is 9.47 Å². The second-order valence-corrected chi connectivity index (χ2v) is 9.30. The van der Waals surface area contributed by atoms with Gasteiger partial charge in [-0.05, 0) is 69.1 Å². The van der Waals surface area contributed by atoms with Crippen molar-refractivity contribution in [1.82, 2.24) is 4.90 Å². The first-order valence-electron chi connectivity index (χ1n) is 11.4. The van der Waals surface area contributed by atoms with Crippen LogP contribution in [0, 0.1) is 5.92 Å². The molecule has 2 aromatic carbocycles. The summed E-state index contributed by atoms with van der Waals surface area (Å²) >= 11 is 0. The van der Waals surface area contributed by atoms with E-state index in [2.05, 4.69) is 45.0 Å². The molecular weight excluding hydrogens is 386 g/mol. The average molecular weight is 424 g/mol. The fraction of sp³-hybridized carbons (Fsp3) is 0.519. The SMILES string of the molecule is COc1ccccc1[C@H](CCN(C(C)=O)[C@@H](C)c1ccccc1)[C@@H]1CCOC(C)(C)C1. The van der Waals surface area contributed by atoms with Crippen molar-refractivity contribution in [2.45, 2.75) is 64.5 Å². The van der Waals surface area contributed by atoms with Crippen molar-refractivity contribution >= 4 is 5.91 Å². The van der Waals surface area contributed by atoms with Crippen molar-refractivity contribution in [3.05, 3.63) is 65.7 Å². The zero-order chi connectivity index (χ0) is 22.4. The third-order valence-corrected chi connectivity index (χ3v) is 6.68. The number of carbonyl (C=O) groups is 1. The third kappa shape index (κ3) is 5.88. The minimum absolute atomic E-state index is 0.0446. The average Bonchev–Trinajstić information content (AvgIpc) is 2.76. The highest BCUT2D eigenvalue weighted by Gasteiger charge is 2.35. The summed E-state index contributed by atoms with van der Waals surface area (Å²) in [6, 6.07) is 18.7. The molecule has 0 unspecified atom stereocenters. The van der Waals surface area contributed by atoms with E-state index < -0.39 is 0 Å². The molecule has 1 fully saturated rings. The van der Waals surface area contributed by atoms with Gasteiger partial charge in [-0.15, -0.1) is 0 Å². The molecule has 0 N–H and O–H groups in total. The Bertz CT molecular complexity index is 849. The van der Waals surface area contributed by atoms with Gasteiger partial charge < -0.3 is 14.4 Å². The maximum absolute atomic E-state index is 12.6. The van der Waals surface area contributed by atoms with Crippen LogP contribution in [-0.2, 0) is 9.53 Å². The highest BCUT2D eigenvalue weighted by Crippen LogP contribution is 2.43. The zero-order valence-corrected chi connectivity index (χ0v) is 19.6. The highest BCUT2D eigenvalue weighted by atomic mass is 16.5. The number of rotatable bonds is 8. The Morgan fingerprint density at radius 1 is 1.16 bits per heavy atom. The van der Waals surface area contributed by atoms with Gasteiger partial charge in [0.05, 0.1) is 18.8 Å². The summed E-state index contributed by atoms with van der Waals surface area (Å²) in [7, 11) is 1.74. The van der Waals surface area contributed by atoms with Crippen molar-refractivity contribution in [1.29, 1.82) is 0 Å². The van der Waals surface area contributed by atoms with E-state index in [1.807, 2.05) is 35.2 Å². The van der Waals surface area contributed by atoms with E-state index in [0.29, 0.717) is 18.4 Å². The van der Waals surface area contributed by atoms with Gasteiger partial charge in [0.25, 0.3) is 0 Å². The molecule has 0 spiro atoms. The van der Waals surface area contributed by atoms with Crippen LogP contribution in [0.15, 0.2) is 54.6 Å². The molecule has 1 saturated heterocycles. The van der Waals surface area contributed by atoms with Crippen LogP contribution in [0.4, 0.5) is 0 Å². The topological polar surface area (TPSA) is 38.8 Å². The molecule has 1 aliphatic heterocycles. The first-order chi connectivity index (χ1) is 14.8. The molecule has 168 valence electrons. The van der Waals surface area contributed by atoms with Crippen LogP contribution in [0.5, 0.6) is 5.75 Å². The number of para-hydroxylation sites is 1. The molecule has 4 heteroatoms. The molecule has 3 atom stereocenters. The summed E-state index contributed by atoms with van der Waals surface area (Å²) in [5.41, 5.74) is 2.28. The number of carbonyl (C=O) groups excluding carboxylic acids is 1. The lowest BCUT2D eigenvalue weighted by Gasteiger charge is -2.40. The normalized spacial score (nSPS) is 20.0. The first-order valence-corrected chi connectivity index (χ1v) is 11.4. The van der Waals surface area contributed by atoms with Crippen LogP contribution in [-0.4, -0.2) is 36.7 Å². The van der Waals surface area contributed by atoms with Crippen LogP contribution in [0.25, 0.3) is 0 Å². The Balaban J connectivity index is 1.86. The van der Waals surface area contributed by atoms with Gasteiger partial charge in [0, 0.05) is 20.1 Å². The fourth-order valence-electron chi connectivity index (χ4n) is 5.05. The number of hydrogen-bond donors (Lipinski definition) is 0. The standard InChI is InChI=1S/C27H37NO3/c1-20(22-11-7-6-8-12-22)28(21(2)29)17-15-24(23-16-18-31-27(3,4)19-23)25-13-9-10-14-26(25)30-5/h6-14,20,23-24H,15-19H2,1-5H3/t20-,23+,24+/m0/s1. The number of ether oxygens (including phenoxy) is 2. The predicted molar refractivity (Wildman–Crippen MR) is 125 cm³/mol. The van der Waals surface area contributed by atoms with Crippen molar-refractivity contribution in [3.63, 3.8) is 0 Å². The molecule has 0 bridgehead atoms. The Hall–Kier alpha value is -2.33. The largest absolute Gasteiger partial charge is 0.496 e. The van der Waals surface area contributed by atoms with Crippen LogP contribution < -0.4 is 4.74 Å². The lowest BCUT2D eigenvalue weighted by atomic mass is 9.74. The maximum atomic E-state index is 12.6. The van der Waals surface area contributed by atoms with Crippen molar-refractivity contribution in [2.75, 3.05) is 20.3 Å². The lowest BCUT2D eigenvalue weighted by molar-refractivity contribution is -0.131. The molecule has 0 aliphatic carbocycles. The van der Waals surface area contributed by atoms with E-state index in [0.717, 1.165) is 31.6 Å². The first kappa shape index (κ1) is 23.3.